The van der Waals surface area contributed by atoms with Gasteiger partial charge in [-0.05, 0) is 13.3 Å². The van der Waals surface area contributed by atoms with Gasteiger partial charge in [0, 0.05) is 13.2 Å². The lowest BCUT2D eigenvalue weighted by Crippen LogP contribution is -2.35. The number of hydrogen-bond acceptors (Lipinski definition) is 5. The monoisotopic (exact) mass is 240 g/mol. The van der Waals surface area contributed by atoms with Crippen LogP contribution in [0.15, 0.2) is 9.59 Å². The molecule has 4 N–H and O–H groups in total. The van der Waals surface area contributed by atoms with Crippen LogP contribution in [0.4, 0.5) is 11.5 Å². The van der Waals surface area contributed by atoms with Crippen molar-refractivity contribution in [2.75, 3.05) is 24.3 Å². The average Bonchev–Trinajstić information content (AvgIpc) is 2.77. The van der Waals surface area contributed by atoms with Crippen LogP contribution in [0.25, 0.3) is 0 Å². The van der Waals surface area contributed by atoms with Crippen LogP contribution in [-0.4, -0.2) is 28.8 Å². The van der Waals surface area contributed by atoms with Crippen molar-refractivity contribution in [3.63, 3.8) is 0 Å². The van der Waals surface area contributed by atoms with E-state index in [2.05, 4.69) is 10.3 Å². The fourth-order valence-electron chi connectivity index (χ4n) is 1.89. The molecule has 0 bridgehead atoms. The Hall–Kier alpha value is -1.76. The summed E-state index contributed by atoms with van der Waals surface area (Å²) in [5.74, 6) is 0.174. The maximum absolute atomic E-state index is 11.7. The maximum atomic E-state index is 11.7. The standard InChI is InChI=1S/C10H16N4O3/c1-2-14-8(11)7(9(15)13-10(14)16)12-6-3-4-17-5-6/h6,12H,2-5,11H2,1H3,(H,13,15,16). The van der Waals surface area contributed by atoms with E-state index in [-0.39, 0.29) is 17.5 Å². The minimum Gasteiger partial charge on any atom is -0.383 e. The first-order valence-electron chi connectivity index (χ1n) is 5.60. The number of hydrogen-bond donors (Lipinski definition) is 3. The van der Waals surface area contributed by atoms with Crippen molar-refractivity contribution in [1.82, 2.24) is 9.55 Å². The number of rotatable bonds is 3. The molecule has 1 aromatic rings. The quantitative estimate of drug-likeness (QED) is 0.651. The van der Waals surface area contributed by atoms with Gasteiger partial charge in [0.2, 0.25) is 0 Å². The highest BCUT2D eigenvalue weighted by atomic mass is 16.5. The predicted molar refractivity (Wildman–Crippen MR) is 64.3 cm³/mol. The number of nitrogens with two attached hydrogens (primary N) is 1. The number of nitrogens with one attached hydrogen (secondary N) is 2. The zero-order chi connectivity index (χ0) is 12.4. The van der Waals surface area contributed by atoms with Gasteiger partial charge in [-0.3, -0.25) is 14.3 Å². The fraction of sp³-hybridized carbons (Fsp3) is 0.600. The summed E-state index contributed by atoms with van der Waals surface area (Å²) in [4.78, 5) is 25.4. The molecule has 17 heavy (non-hydrogen) atoms. The largest absolute Gasteiger partial charge is 0.383 e. The van der Waals surface area contributed by atoms with Gasteiger partial charge in [-0.25, -0.2) is 4.79 Å². The van der Waals surface area contributed by atoms with E-state index in [4.69, 9.17) is 10.5 Å². The first kappa shape index (κ1) is 11.7. The Balaban J connectivity index is 2.38. The Morgan fingerprint density at radius 1 is 1.59 bits per heavy atom. The maximum Gasteiger partial charge on any atom is 0.330 e. The number of ether oxygens (including phenoxy) is 1. The highest BCUT2D eigenvalue weighted by Gasteiger charge is 2.19. The Labute approximate surface area is 97.6 Å². The summed E-state index contributed by atoms with van der Waals surface area (Å²) in [6.07, 6.45) is 0.824. The van der Waals surface area contributed by atoms with Gasteiger partial charge in [0.1, 0.15) is 11.5 Å². The number of aromatic nitrogens is 2. The molecule has 1 fully saturated rings. The molecule has 0 spiro atoms. The molecular weight excluding hydrogens is 224 g/mol. The number of H-pyrrole nitrogens is 1. The molecule has 94 valence electrons. The molecule has 1 saturated heterocycles. The van der Waals surface area contributed by atoms with E-state index >= 15 is 0 Å². The zero-order valence-electron chi connectivity index (χ0n) is 9.66. The Bertz CT molecular complexity index is 513. The molecule has 1 aromatic heterocycles. The molecule has 0 saturated carbocycles. The Kier molecular flexibility index (Phi) is 3.19. The van der Waals surface area contributed by atoms with E-state index < -0.39 is 11.2 Å². The van der Waals surface area contributed by atoms with Crippen LogP contribution in [0.1, 0.15) is 13.3 Å². The smallest absolute Gasteiger partial charge is 0.330 e. The molecule has 7 heteroatoms. The van der Waals surface area contributed by atoms with Crippen molar-refractivity contribution in [2.45, 2.75) is 25.9 Å². The SMILES string of the molecule is CCn1c(N)c(NC2CCOC2)c(=O)[nH]c1=O. The van der Waals surface area contributed by atoms with Crippen molar-refractivity contribution in [1.29, 1.82) is 0 Å². The number of nitrogen functional groups attached to an aromatic ring is 1. The second-order valence-corrected chi connectivity index (χ2v) is 3.97. The molecule has 2 heterocycles. The van der Waals surface area contributed by atoms with Gasteiger partial charge in [0.25, 0.3) is 5.56 Å². The number of nitrogens with zero attached hydrogens (tertiary/aromatic N) is 1. The molecule has 7 nitrogen and oxygen atoms in total. The molecule has 0 radical (unpaired) electrons. The summed E-state index contributed by atoms with van der Waals surface area (Å²) in [6, 6.07) is 0.0706. The molecule has 0 aliphatic carbocycles. The summed E-state index contributed by atoms with van der Waals surface area (Å²) in [7, 11) is 0. The first-order valence-corrected chi connectivity index (χ1v) is 5.60. The van der Waals surface area contributed by atoms with Gasteiger partial charge in [0.05, 0.1) is 12.6 Å². The summed E-state index contributed by atoms with van der Waals surface area (Å²) in [6.45, 7) is 3.42. The van der Waals surface area contributed by atoms with Crippen LogP contribution in [-0.2, 0) is 11.3 Å². The van der Waals surface area contributed by atoms with Gasteiger partial charge in [-0.1, -0.05) is 0 Å². The molecular formula is C10H16N4O3. The molecule has 1 unspecified atom stereocenters. The van der Waals surface area contributed by atoms with Crippen molar-refractivity contribution >= 4 is 11.5 Å². The highest BCUT2D eigenvalue weighted by Crippen LogP contribution is 2.15. The lowest BCUT2D eigenvalue weighted by molar-refractivity contribution is 0.195. The molecule has 1 atom stereocenters. The van der Waals surface area contributed by atoms with E-state index in [1.807, 2.05) is 0 Å². The van der Waals surface area contributed by atoms with Gasteiger partial charge < -0.3 is 15.8 Å². The van der Waals surface area contributed by atoms with Gasteiger partial charge in [-0.2, -0.15) is 0 Å². The molecule has 0 amide bonds. The van der Waals surface area contributed by atoms with Crippen molar-refractivity contribution in [3.8, 4) is 0 Å². The van der Waals surface area contributed by atoms with E-state index in [1.165, 1.54) is 4.57 Å². The summed E-state index contributed by atoms with van der Waals surface area (Å²) in [5.41, 5.74) is 5.10. The number of anilines is 2. The van der Waals surface area contributed by atoms with E-state index in [1.54, 1.807) is 6.92 Å². The van der Waals surface area contributed by atoms with Crippen LogP contribution in [0, 0.1) is 0 Å². The second kappa shape index (κ2) is 4.62. The van der Waals surface area contributed by atoms with E-state index in [0.717, 1.165) is 6.42 Å². The third kappa shape index (κ3) is 2.19. The van der Waals surface area contributed by atoms with Crippen molar-refractivity contribution in [3.05, 3.63) is 20.8 Å². The van der Waals surface area contributed by atoms with Gasteiger partial charge in [0.15, 0.2) is 0 Å². The third-order valence-corrected chi connectivity index (χ3v) is 2.83. The second-order valence-electron chi connectivity index (χ2n) is 3.97. The predicted octanol–water partition coefficient (Wildman–Crippen LogP) is -0.660. The molecule has 2 rings (SSSR count). The minimum atomic E-state index is -0.483. The minimum absolute atomic E-state index is 0.0706. The average molecular weight is 240 g/mol. The normalized spacial score (nSPS) is 19.5. The van der Waals surface area contributed by atoms with Gasteiger partial charge >= 0.3 is 5.69 Å². The van der Waals surface area contributed by atoms with E-state index in [0.29, 0.717) is 19.8 Å². The molecule has 1 aliphatic heterocycles. The fourth-order valence-corrected chi connectivity index (χ4v) is 1.89. The van der Waals surface area contributed by atoms with Crippen LogP contribution < -0.4 is 22.3 Å². The highest BCUT2D eigenvalue weighted by molar-refractivity contribution is 5.60. The summed E-state index contributed by atoms with van der Waals surface area (Å²) < 4.78 is 6.52. The first-order chi connectivity index (χ1) is 8.13. The van der Waals surface area contributed by atoms with Crippen LogP contribution in [0.3, 0.4) is 0 Å². The molecule has 1 aliphatic rings. The zero-order valence-corrected chi connectivity index (χ0v) is 9.66. The lowest BCUT2D eigenvalue weighted by Gasteiger charge is -2.15. The van der Waals surface area contributed by atoms with E-state index in [9.17, 15) is 9.59 Å². The number of aromatic amines is 1. The topological polar surface area (TPSA) is 102 Å². The van der Waals surface area contributed by atoms with Gasteiger partial charge in [-0.15, -0.1) is 0 Å². The van der Waals surface area contributed by atoms with Crippen LogP contribution >= 0.6 is 0 Å². The lowest BCUT2D eigenvalue weighted by atomic mass is 10.2. The van der Waals surface area contributed by atoms with Crippen molar-refractivity contribution in [2.24, 2.45) is 0 Å². The summed E-state index contributed by atoms with van der Waals surface area (Å²) in [5, 5.41) is 3.03. The molecule has 0 aromatic carbocycles. The van der Waals surface area contributed by atoms with Crippen molar-refractivity contribution < 1.29 is 4.74 Å². The Morgan fingerprint density at radius 3 is 2.94 bits per heavy atom. The van der Waals surface area contributed by atoms with Crippen LogP contribution in [0.2, 0.25) is 0 Å². The Morgan fingerprint density at radius 2 is 2.35 bits per heavy atom. The third-order valence-electron chi connectivity index (χ3n) is 2.83. The van der Waals surface area contributed by atoms with Crippen LogP contribution in [0.5, 0.6) is 0 Å². The summed E-state index contributed by atoms with van der Waals surface area (Å²) >= 11 is 0.